The number of aromatic amines is 1. The zero-order chi connectivity index (χ0) is 13.4. The first kappa shape index (κ1) is 13.2. The molecule has 0 atom stereocenters. The summed E-state index contributed by atoms with van der Waals surface area (Å²) in [7, 11) is 1.65. The summed E-state index contributed by atoms with van der Waals surface area (Å²) >= 11 is 6.49. The van der Waals surface area contributed by atoms with Gasteiger partial charge in [-0.25, -0.2) is 0 Å². The van der Waals surface area contributed by atoms with Crippen molar-refractivity contribution in [3.63, 3.8) is 0 Å². The molecule has 0 bridgehead atoms. The fourth-order valence-corrected chi connectivity index (χ4v) is 2.75. The molecule has 0 aliphatic carbocycles. The van der Waals surface area contributed by atoms with Crippen molar-refractivity contribution in [2.24, 2.45) is 7.05 Å². The van der Waals surface area contributed by atoms with E-state index in [9.17, 15) is 9.90 Å². The Bertz CT molecular complexity index is 751. The Morgan fingerprint density at radius 2 is 1.94 bits per heavy atom. The highest BCUT2D eigenvalue weighted by atomic mass is 79.9. The fourth-order valence-electron chi connectivity index (χ4n) is 1.53. The summed E-state index contributed by atoms with van der Waals surface area (Å²) in [6, 6.07) is 3.45. The number of benzene rings is 1. The molecule has 6 heteroatoms. The maximum Gasteiger partial charge on any atom is 0.275 e. The predicted octanol–water partition coefficient (Wildman–Crippen LogP) is 1.18. The molecular weight excluding hydrogens is 364 g/mol. The van der Waals surface area contributed by atoms with Gasteiger partial charge >= 0.3 is 0 Å². The molecule has 4 nitrogen and oxygen atoms in total. The van der Waals surface area contributed by atoms with Crippen molar-refractivity contribution < 1.29 is 5.11 Å². The van der Waals surface area contributed by atoms with Gasteiger partial charge in [0, 0.05) is 7.05 Å². The molecule has 0 saturated heterocycles. The van der Waals surface area contributed by atoms with Crippen LogP contribution >= 0.6 is 31.9 Å². The molecule has 0 amide bonds. The molecule has 1 aromatic carbocycles. The quantitative estimate of drug-likeness (QED) is 0.788. The summed E-state index contributed by atoms with van der Waals surface area (Å²) in [5.41, 5.74) is 1.19. The van der Waals surface area contributed by atoms with Crippen LogP contribution in [0.5, 0.6) is 5.75 Å². The number of imidazole rings is 1. The summed E-state index contributed by atoms with van der Waals surface area (Å²) in [5, 5.41) is 10.1. The number of nitrogens with zero attached hydrogens (tertiary/aromatic N) is 1. The van der Waals surface area contributed by atoms with Gasteiger partial charge in [-0.15, -0.1) is 0 Å². The van der Waals surface area contributed by atoms with Gasteiger partial charge in [-0.1, -0.05) is 6.58 Å². The van der Waals surface area contributed by atoms with Gasteiger partial charge in [0.1, 0.15) is 16.6 Å². The Morgan fingerprint density at radius 1 is 1.39 bits per heavy atom. The van der Waals surface area contributed by atoms with E-state index in [1.165, 1.54) is 4.57 Å². The highest BCUT2D eigenvalue weighted by molar-refractivity contribution is 9.11. The average molecular weight is 374 g/mol. The zero-order valence-electron chi connectivity index (χ0n) is 9.50. The summed E-state index contributed by atoms with van der Waals surface area (Å²) in [4.78, 5) is 14.7. The van der Waals surface area contributed by atoms with Gasteiger partial charge in [-0.3, -0.25) is 9.36 Å². The Labute approximate surface area is 120 Å². The number of phenolic OH excluding ortho intramolecular Hbond substituents is 1. The number of rotatable bonds is 1. The lowest BCUT2D eigenvalue weighted by molar-refractivity contribution is 0.468. The van der Waals surface area contributed by atoms with Gasteiger partial charge in [-0.2, -0.15) is 0 Å². The van der Waals surface area contributed by atoms with Gasteiger partial charge in [0.05, 0.1) is 8.95 Å². The second-order valence-corrected chi connectivity index (χ2v) is 5.54. The molecule has 0 spiro atoms. The lowest BCUT2D eigenvalue weighted by Gasteiger charge is -2.01. The molecule has 0 unspecified atom stereocenters. The highest BCUT2D eigenvalue weighted by Gasteiger charge is 2.05. The monoisotopic (exact) mass is 372 g/mol. The number of aromatic hydroxyl groups is 1. The first-order chi connectivity index (χ1) is 8.40. The number of hydrogen-bond donors (Lipinski definition) is 2. The zero-order valence-corrected chi connectivity index (χ0v) is 12.7. The van der Waals surface area contributed by atoms with Crippen LogP contribution in [0.1, 0.15) is 5.56 Å². The van der Waals surface area contributed by atoms with Crippen LogP contribution in [-0.4, -0.2) is 14.7 Å². The lowest BCUT2D eigenvalue weighted by atomic mass is 10.2. The molecule has 0 aliphatic heterocycles. The second-order valence-electron chi connectivity index (χ2n) is 3.83. The van der Waals surface area contributed by atoms with Crippen molar-refractivity contribution in [3.8, 4) is 5.75 Å². The van der Waals surface area contributed by atoms with E-state index >= 15 is 0 Å². The summed E-state index contributed by atoms with van der Waals surface area (Å²) < 4.78 is 2.55. The van der Waals surface area contributed by atoms with Crippen LogP contribution in [0.3, 0.4) is 0 Å². The Hall–Kier alpha value is -1.27. The summed E-state index contributed by atoms with van der Waals surface area (Å²) in [5.74, 6) is 0.129. The first-order valence-electron chi connectivity index (χ1n) is 5.04. The third-order valence-corrected chi connectivity index (χ3v) is 3.78. The van der Waals surface area contributed by atoms with Gasteiger partial charge in [-0.05, 0) is 55.6 Å². The minimum atomic E-state index is -0.139. The lowest BCUT2D eigenvalue weighted by Crippen LogP contribution is -2.28. The van der Waals surface area contributed by atoms with E-state index in [4.69, 9.17) is 0 Å². The Kier molecular flexibility index (Phi) is 3.49. The van der Waals surface area contributed by atoms with Crippen LogP contribution in [0.25, 0.3) is 12.7 Å². The normalized spacial score (nSPS) is 12.1. The average Bonchev–Trinajstić information content (AvgIpc) is 2.54. The highest BCUT2D eigenvalue weighted by Crippen LogP contribution is 2.33. The van der Waals surface area contributed by atoms with Crippen molar-refractivity contribution in [1.29, 1.82) is 0 Å². The maximum atomic E-state index is 11.8. The molecular formula is C12H10Br2N2O2. The number of phenols is 1. The molecule has 2 rings (SSSR count). The van der Waals surface area contributed by atoms with Crippen LogP contribution in [0, 0.1) is 0 Å². The van der Waals surface area contributed by atoms with E-state index in [2.05, 4.69) is 43.4 Å². The molecule has 2 aromatic rings. The number of halogens is 2. The van der Waals surface area contributed by atoms with Crippen LogP contribution < -0.4 is 16.4 Å². The smallest absolute Gasteiger partial charge is 0.275 e. The molecule has 0 radical (unpaired) electrons. The van der Waals surface area contributed by atoms with Crippen molar-refractivity contribution in [2.75, 3.05) is 0 Å². The Morgan fingerprint density at radius 3 is 2.39 bits per heavy atom. The van der Waals surface area contributed by atoms with Crippen molar-refractivity contribution in [3.05, 3.63) is 47.8 Å². The van der Waals surface area contributed by atoms with Crippen LogP contribution in [-0.2, 0) is 7.05 Å². The van der Waals surface area contributed by atoms with Crippen molar-refractivity contribution in [2.45, 2.75) is 0 Å². The van der Waals surface area contributed by atoms with E-state index in [1.54, 1.807) is 25.3 Å². The number of aromatic nitrogens is 2. The molecule has 1 heterocycles. The number of nitrogens with one attached hydrogen (secondary N) is 1. The van der Waals surface area contributed by atoms with E-state index in [1.807, 2.05) is 0 Å². The topological polar surface area (TPSA) is 58.0 Å². The second kappa shape index (κ2) is 4.78. The molecule has 1 aromatic heterocycles. The number of H-pyrrole nitrogens is 1. The van der Waals surface area contributed by atoms with Gasteiger partial charge in [0.15, 0.2) is 0 Å². The largest absolute Gasteiger partial charge is 0.506 e. The first-order valence-corrected chi connectivity index (χ1v) is 6.62. The standard InChI is InChI=1S/C12H10Br2N2O2/c1-6-15-10(12(18)16(6)2)5-7-3-8(13)11(17)9(14)4-7/h3-5,15,17H,1H2,2H3. The molecule has 0 fully saturated rings. The maximum absolute atomic E-state index is 11.8. The number of hydrogen-bond acceptors (Lipinski definition) is 2. The molecule has 2 N–H and O–H groups in total. The molecule has 94 valence electrons. The molecule has 0 saturated carbocycles. The van der Waals surface area contributed by atoms with Crippen LogP contribution in [0.2, 0.25) is 0 Å². The third kappa shape index (κ3) is 2.30. The van der Waals surface area contributed by atoms with Gasteiger partial charge in [0.25, 0.3) is 5.56 Å². The van der Waals surface area contributed by atoms with E-state index in [0.29, 0.717) is 19.8 Å². The molecule has 0 aliphatic rings. The minimum Gasteiger partial charge on any atom is -0.506 e. The Balaban J connectivity index is 2.68. The van der Waals surface area contributed by atoms with E-state index < -0.39 is 0 Å². The van der Waals surface area contributed by atoms with Gasteiger partial charge in [0.2, 0.25) is 0 Å². The summed E-state index contributed by atoms with van der Waals surface area (Å²) in [6.45, 7) is 3.72. The van der Waals surface area contributed by atoms with Crippen molar-refractivity contribution >= 4 is 44.5 Å². The van der Waals surface area contributed by atoms with Crippen LogP contribution in [0.4, 0.5) is 0 Å². The molecule has 18 heavy (non-hydrogen) atoms. The van der Waals surface area contributed by atoms with Crippen molar-refractivity contribution in [1.82, 2.24) is 9.55 Å². The van der Waals surface area contributed by atoms with Crippen LogP contribution in [0.15, 0.2) is 25.9 Å². The summed E-state index contributed by atoms with van der Waals surface area (Å²) in [6.07, 6.45) is 1.70. The van der Waals surface area contributed by atoms with E-state index in [0.717, 1.165) is 5.56 Å². The predicted molar refractivity (Wildman–Crippen MR) is 77.9 cm³/mol. The minimum absolute atomic E-state index is 0.129. The third-order valence-electron chi connectivity index (χ3n) is 2.57. The fraction of sp³-hybridized carbons (Fsp3) is 0.0833. The van der Waals surface area contributed by atoms with Gasteiger partial charge < -0.3 is 10.1 Å². The van der Waals surface area contributed by atoms with E-state index in [-0.39, 0.29) is 11.3 Å². The SMILES string of the molecule is C=c1[nH]c(=Cc2cc(Br)c(O)c(Br)c2)c(=O)n1C.